The van der Waals surface area contributed by atoms with E-state index in [9.17, 15) is 13.5 Å². The van der Waals surface area contributed by atoms with Gasteiger partial charge in [-0.3, -0.25) is 4.90 Å². The van der Waals surface area contributed by atoms with Crippen LogP contribution >= 0.6 is 11.3 Å². The van der Waals surface area contributed by atoms with Crippen LogP contribution in [0.5, 0.6) is 0 Å². The molecule has 3 aromatic rings. The number of thiophene rings is 1. The molecule has 0 saturated carbocycles. The maximum atomic E-state index is 13.3. The van der Waals surface area contributed by atoms with Crippen molar-refractivity contribution in [2.24, 2.45) is 0 Å². The lowest BCUT2D eigenvalue weighted by Crippen LogP contribution is -2.67. The number of hydrogen-bond donors (Lipinski definition) is 1. The minimum absolute atomic E-state index is 0.0279. The highest BCUT2D eigenvalue weighted by Crippen LogP contribution is 2.42. The molecule has 5 rings (SSSR count). The number of fused-ring (bicyclic) bond motifs is 1. The van der Waals surface area contributed by atoms with Crippen molar-refractivity contribution in [1.82, 2.24) is 9.21 Å². The summed E-state index contributed by atoms with van der Waals surface area (Å²) in [5.74, 6) is 0.108. The second-order valence-corrected chi connectivity index (χ2v) is 12.1. The van der Waals surface area contributed by atoms with E-state index in [1.165, 1.54) is 11.3 Å². The average molecular weight is 495 g/mol. The summed E-state index contributed by atoms with van der Waals surface area (Å²) in [6.45, 7) is 1.98. The number of nitrogens with zero attached hydrogens (tertiary/aromatic N) is 2. The number of rotatable bonds is 6. The van der Waals surface area contributed by atoms with Crippen molar-refractivity contribution in [3.63, 3.8) is 0 Å². The highest BCUT2D eigenvalue weighted by Gasteiger charge is 2.50. The molecule has 5 nitrogen and oxygen atoms in total. The number of benzene rings is 2. The van der Waals surface area contributed by atoms with E-state index >= 15 is 0 Å². The number of hydrogen-bond acceptors (Lipinski definition) is 5. The van der Waals surface area contributed by atoms with Crippen molar-refractivity contribution in [3.05, 3.63) is 88.8 Å². The van der Waals surface area contributed by atoms with Crippen LogP contribution < -0.4 is 0 Å². The molecule has 3 atom stereocenters. The lowest BCUT2D eigenvalue weighted by atomic mass is 9.74. The predicted molar refractivity (Wildman–Crippen MR) is 138 cm³/mol. The van der Waals surface area contributed by atoms with Gasteiger partial charge in [0.2, 0.25) is 0 Å². The molecule has 0 radical (unpaired) electrons. The average Bonchev–Trinajstić information content (AvgIpc) is 3.39. The van der Waals surface area contributed by atoms with Gasteiger partial charge in [0.05, 0.1) is 6.61 Å². The molecule has 2 fully saturated rings. The summed E-state index contributed by atoms with van der Waals surface area (Å²) in [7, 11) is -3.50. The maximum absolute atomic E-state index is 13.3. The Hall–Kier alpha value is -2.29. The van der Waals surface area contributed by atoms with E-state index in [1.807, 2.05) is 23.6 Å². The Kier molecular flexibility index (Phi) is 6.99. The maximum Gasteiger partial charge on any atom is 0.252 e. The number of aliphatic hydroxyl groups is 1. The van der Waals surface area contributed by atoms with Crippen molar-refractivity contribution < 1.29 is 13.5 Å². The van der Waals surface area contributed by atoms with E-state index in [0.29, 0.717) is 17.3 Å². The van der Waals surface area contributed by atoms with Crippen LogP contribution in [-0.2, 0) is 10.0 Å². The lowest BCUT2D eigenvalue weighted by molar-refractivity contribution is -0.0553. The summed E-state index contributed by atoms with van der Waals surface area (Å²) in [4.78, 5) is 2.31. The number of sulfonamides is 1. The van der Waals surface area contributed by atoms with Crippen molar-refractivity contribution in [2.45, 2.75) is 35.1 Å². The topological polar surface area (TPSA) is 60.9 Å². The van der Waals surface area contributed by atoms with Gasteiger partial charge in [0, 0.05) is 31.1 Å². The van der Waals surface area contributed by atoms with Crippen LogP contribution in [0.3, 0.4) is 0 Å². The number of aliphatic hydroxyl groups excluding tert-OH is 1. The van der Waals surface area contributed by atoms with Crippen LogP contribution in [0.4, 0.5) is 0 Å². The van der Waals surface area contributed by atoms with Crippen LogP contribution in [-0.4, -0.2) is 61.1 Å². The lowest BCUT2D eigenvalue weighted by Gasteiger charge is -2.57. The Balaban J connectivity index is 1.37. The fourth-order valence-electron chi connectivity index (χ4n) is 5.25. The SMILES string of the molecule is O=S(=O)(c1cccs1)N1CCCCN2[C@H](C1)[C@H](c1ccc(/C=C/c3ccccc3)cc1)[C@@H]2CO. The summed E-state index contributed by atoms with van der Waals surface area (Å²) in [6.07, 6.45) is 5.96. The van der Waals surface area contributed by atoms with Gasteiger partial charge in [0.1, 0.15) is 4.21 Å². The van der Waals surface area contributed by atoms with E-state index in [0.717, 1.165) is 36.1 Å². The van der Waals surface area contributed by atoms with E-state index in [2.05, 4.69) is 53.5 Å². The molecular weight excluding hydrogens is 464 g/mol. The predicted octanol–water partition coefficient (Wildman–Crippen LogP) is 4.53. The fraction of sp³-hybridized carbons (Fsp3) is 0.333. The van der Waals surface area contributed by atoms with Gasteiger partial charge in [0.15, 0.2) is 0 Å². The van der Waals surface area contributed by atoms with Gasteiger partial charge in [-0.2, -0.15) is 4.31 Å². The van der Waals surface area contributed by atoms with Crippen LogP contribution in [0.15, 0.2) is 76.3 Å². The fourth-order valence-corrected chi connectivity index (χ4v) is 7.89. The van der Waals surface area contributed by atoms with Crippen LogP contribution in [0.25, 0.3) is 12.2 Å². The molecular formula is C27H30N2O3S2. The summed E-state index contributed by atoms with van der Waals surface area (Å²) in [6, 6.07) is 22.2. The molecule has 1 N–H and O–H groups in total. The Morgan fingerprint density at radius 2 is 1.62 bits per heavy atom. The smallest absolute Gasteiger partial charge is 0.252 e. The zero-order chi connectivity index (χ0) is 23.5. The highest BCUT2D eigenvalue weighted by molar-refractivity contribution is 7.91. The third-order valence-corrected chi connectivity index (χ3v) is 10.2. The van der Waals surface area contributed by atoms with Crippen molar-refractivity contribution in [1.29, 1.82) is 0 Å². The minimum atomic E-state index is -3.50. The first-order valence-electron chi connectivity index (χ1n) is 11.8. The summed E-state index contributed by atoms with van der Waals surface area (Å²) in [5.41, 5.74) is 3.43. The van der Waals surface area contributed by atoms with E-state index in [-0.39, 0.29) is 24.6 Å². The quantitative estimate of drug-likeness (QED) is 0.512. The van der Waals surface area contributed by atoms with Crippen LogP contribution in [0.2, 0.25) is 0 Å². The molecule has 0 unspecified atom stereocenters. The van der Waals surface area contributed by atoms with Gasteiger partial charge in [-0.15, -0.1) is 11.3 Å². The monoisotopic (exact) mass is 494 g/mol. The Morgan fingerprint density at radius 1 is 0.912 bits per heavy atom. The van der Waals surface area contributed by atoms with Gasteiger partial charge < -0.3 is 5.11 Å². The normalized spacial score (nSPS) is 24.3. The second kappa shape index (κ2) is 10.1. The summed E-state index contributed by atoms with van der Waals surface area (Å²) < 4.78 is 28.6. The van der Waals surface area contributed by atoms with Gasteiger partial charge in [-0.25, -0.2) is 8.42 Å². The summed E-state index contributed by atoms with van der Waals surface area (Å²) >= 11 is 1.27. The summed E-state index contributed by atoms with van der Waals surface area (Å²) in [5, 5.41) is 12.0. The largest absolute Gasteiger partial charge is 0.395 e. The molecule has 2 aliphatic rings. The first-order valence-corrected chi connectivity index (χ1v) is 14.1. The van der Waals surface area contributed by atoms with Crippen molar-refractivity contribution in [2.75, 3.05) is 26.2 Å². The second-order valence-electron chi connectivity index (χ2n) is 8.99. The van der Waals surface area contributed by atoms with Gasteiger partial charge in [0.25, 0.3) is 10.0 Å². The standard InChI is InChI=1S/C27H30N2O3S2/c30-20-25-27(23-14-12-22(13-15-23)11-10-21-7-2-1-3-8-21)24-19-28(16-4-5-17-29(24)25)34(31,32)26-9-6-18-33-26/h1-3,6-15,18,24-25,27,30H,4-5,16-17,19-20H2/b11-10+/t24-,25+,27+/m1/s1. The molecule has 0 spiro atoms. The molecule has 0 bridgehead atoms. The molecule has 2 aliphatic heterocycles. The Morgan fingerprint density at radius 3 is 2.29 bits per heavy atom. The first kappa shape index (κ1) is 23.5. The molecule has 7 heteroatoms. The van der Waals surface area contributed by atoms with Gasteiger partial charge in [-0.1, -0.05) is 72.8 Å². The zero-order valence-corrected chi connectivity index (χ0v) is 20.7. The third-order valence-electron chi connectivity index (χ3n) is 7.01. The Labute approximate surface area is 206 Å². The Bertz CT molecular complexity index is 1210. The molecule has 0 aliphatic carbocycles. The highest BCUT2D eigenvalue weighted by atomic mass is 32.2. The molecule has 0 amide bonds. The van der Waals surface area contributed by atoms with Gasteiger partial charge >= 0.3 is 0 Å². The molecule has 3 heterocycles. The first-order chi connectivity index (χ1) is 16.6. The molecule has 178 valence electrons. The van der Waals surface area contributed by atoms with Crippen LogP contribution in [0, 0.1) is 0 Å². The van der Waals surface area contributed by atoms with E-state index in [1.54, 1.807) is 16.4 Å². The third kappa shape index (κ3) is 4.63. The van der Waals surface area contributed by atoms with Crippen LogP contribution in [0.1, 0.15) is 35.4 Å². The molecule has 1 aromatic heterocycles. The molecule has 2 saturated heterocycles. The van der Waals surface area contributed by atoms with E-state index < -0.39 is 10.0 Å². The molecule has 2 aromatic carbocycles. The van der Waals surface area contributed by atoms with E-state index in [4.69, 9.17) is 0 Å². The van der Waals surface area contributed by atoms with Gasteiger partial charge in [-0.05, 0) is 47.5 Å². The zero-order valence-electron chi connectivity index (χ0n) is 19.0. The van der Waals surface area contributed by atoms with Crippen molar-refractivity contribution in [3.8, 4) is 0 Å². The minimum Gasteiger partial charge on any atom is -0.395 e. The van der Waals surface area contributed by atoms with Crippen molar-refractivity contribution >= 4 is 33.5 Å². The molecule has 34 heavy (non-hydrogen) atoms.